The molecule has 0 spiro atoms. The Hall–Kier alpha value is -0.940. The van der Waals surface area contributed by atoms with Crippen molar-refractivity contribution in [3.8, 4) is 5.75 Å². The minimum atomic E-state index is -5.06. The molecule has 0 fully saturated rings. The van der Waals surface area contributed by atoms with Crippen molar-refractivity contribution in [2.45, 2.75) is 21.6 Å². The summed E-state index contributed by atoms with van der Waals surface area (Å²) in [4.78, 5) is 11.2. The molecule has 44 heavy (non-hydrogen) atoms. The maximum absolute atomic E-state index is 12.9. The smallest absolute Gasteiger partial charge is 0.744 e. The van der Waals surface area contributed by atoms with Gasteiger partial charge in [-0.05, 0) is 60.3 Å². The Morgan fingerprint density at radius 2 is 1.57 bits per heavy atom. The Labute approximate surface area is 322 Å². The first-order chi connectivity index (χ1) is 19.3. The number of rotatable bonds is 9. The molecule has 1 amide bonds. The summed E-state index contributed by atoms with van der Waals surface area (Å²) in [5.41, 5.74) is -0.549. The van der Waals surface area contributed by atoms with Gasteiger partial charge in [0.1, 0.15) is 31.6 Å². The molecule has 0 radical (unpaired) electrons. The number of anilines is 1. The summed E-state index contributed by atoms with van der Waals surface area (Å²) < 4.78 is 75.1. The van der Waals surface area contributed by atoms with Gasteiger partial charge >= 0.3 is 88.7 Å². The SMILES string of the molecule is Cc1ccc(N=Nc2c(SOO[O-])cc3cc(S(=O)(=O)[O-])cc(NC(=O)c4ccccc4)c3c2O)c(S(=O)(=O)[O-])c1.[Na+].[Na+].[Na+]. The Kier molecular flexibility index (Phi) is 16.1. The van der Waals surface area contributed by atoms with E-state index in [-0.39, 0.29) is 133 Å². The zero-order chi connectivity index (χ0) is 29.9. The van der Waals surface area contributed by atoms with Crippen molar-refractivity contribution in [2.75, 3.05) is 5.32 Å². The van der Waals surface area contributed by atoms with Crippen molar-refractivity contribution in [2.24, 2.45) is 10.2 Å². The van der Waals surface area contributed by atoms with Gasteiger partial charge in [-0.2, -0.15) is 4.33 Å². The third kappa shape index (κ3) is 10.0. The molecule has 2 N–H and O–H groups in total. The summed E-state index contributed by atoms with van der Waals surface area (Å²) in [6, 6.07) is 14.3. The summed E-state index contributed by atoms with van der Waals surface area (Å²) in [6.07, 6.45) is 0. The second-order valence-electron chi connectivity index (χ2n) is 8.26. The number of hydrogen-bond donors (Lipinski definition) is 2. The van der Waals surface area contributed by atoms with Crippen LogP contribution in [0.5, 0.6) is 5.75 Å². The molecule has 0 saturated heterocycles. The van der Waals surface area contributed by atoms with Crippen LogP contribution in [-0.4, -0.2) is 37.0 Å². The van der Waals surface area contributed by atoms with Crippen molar-refractivity contribution in [1.82, 2.24) is 0 Å². The van der Waals surface area contributed by atoms with E-state index >= 15 is 0 Å². The molecule has 4 rings (SSSR count). The van der Waals surface area contributed by atoms with Gasteiger partial charge in [0.2, 0.25) is 0 Å². The fourth-order valence-corrected chi connectivity index (χ4v) is 5.43. The van der Waals surface area contributed by atoms with Gasteiger partial charge in [-0.1, -0.05) is 24.3 Å². The van der Waals surface area contributed by atoms with Crippen LogP contribution in [0.4, 0.5) is 17.1 Å². The van der Waals surface area contributed by atoms with E-state index in [0.29, 0.717) is 5.56 Å². The molecule has 0 aliphatic carbocycles. The zero-order valence-corrected chi connectivity index (χ0v) is 31.9. The second kappa shape index (κ2) is 17.3. The first-order valence-corrected chi connectivity index (χ1v) is 14.6. The van der Waals surface area contributed by atoms with Crippen LogP contribution in [0.1, 0.15) is 15.9 Å². The van der Waals surface area contributed by atoms with Gasteiger partial charge in [0.15, 0.2) is 5.75 Å². The summed E-state index contributed by atoms with van der Waals surface area (Å²) in [5.74, 6) is -1.47. The topological polar surface area (TPSA) is 230 Å². The van der Waals surface area contributed by atoms with E-state index in [0.717, 1.165) is 24.3 Å². The van der Waals surface area contributed by atoms with Crippen LogP contribution < -0.4 is 99.2 Å². The number of phenols is 1. The number of nitrogens with zero attached hydrogens (tertiary/aromatic N) is 2. The Morgan fingerprint density at radius 3 is 2.16 bits per heavy atom. The maximum atomic E-state index is 12.9. The van der Waals surface area contributed by atoms with Crippen LogP contribution in [0.2, 0.25) is 0 Å². The number of aryl methyl sites for hydroxylation is 1. The average Bonchev–Trinajstić information content (AvgIpc) is 2.91. The monoisotopic (exact) mass is 687 g/mol. The number of carbonyl (C=O) groups is 1. The van der Waals surface area contributed by atoms with Gasteiger partial charge in [-0.25, -0.2) is 16.8 Å². The number of hydrogen-bond acceptors (Lipinski definition) is 14. The second-order valence-corrected chi connectivity index (χ2v) is 11.7. The molecule has 0 aliphatic rings. The van der Waals surface area contributed by atoms with E-state index in [1.165, 1.54) is 24.3 Å². The number of nitrogens with one attached hydrogen (secondary N) is 1. The Morgan fingerprint density at radius 1 is 0.909 bits per heavy atom. The van der Waals surface area contributed by atoms with Crippen LogP contribution in [0.15, 0.2) is 91.6 Å². The van der Waals surface area contributed by atoms with Gasteiger partial charge in [0.25, 0.3) is 5.91 Å². The number of benzene rings is 4. The molecular formula is C24H16N3Na3O11S3. The van der Waals surface area contributed by atoms with Crippen molar-refractivity contribution in [3.05, 3.63) is 77.9 Å². The van der Waals surface area contributed by atoms with Gasteiger partial charge < -0.3 is 24.8 Å². The van der Waals surface area contributed by atoms with Crippen molar-refractivity contribution >= 4 is 66.0 Å². The average molecular weight is 688 g/mol. The Bertz CT molecular complexity index is 1910. The molecule has 20 heteroatoms. The van der Waals surface area contributed by atoms with E-state index in [9.17, 15) is 41.1 Å². The maximum Gasteiger partial charge on any atom is 1.00 e. The van der Waals surface area contributed by atoms with Crippen LogP contribution in [0.25, 0.3) is 10.8 Å². The van der Waals surface area contributed by atoms with E-state index in [4.69, 9.17) is 0 Å². The molecule has 0 aliphatic heterocycles. The molecule has 214 valence electrons. The normalized spacial score (nSPS) is 11.4. The predicted octanol–water partition coefficient (Wildman–Crippen LogP) is -5.43. The molecule has 0 bridgehead atoms. The molecular weight excluding hydrogens is 671 g/mol. The zero-order valence-electron chi connectivity index (χ0n) is 23.5. The van der Waals surface area contributed by atoms with E-state index in [2.05, 4.69) is 24.9 Å². The molecule has 14 nitrogen and oxygen atoms in total. The number of carbonyl (C=O) groups excluding carboxylic acids is 1. The number of fused-ring (bicyclic) bond motifs is 1. The van der Waals surface area contributed by atoms with Gasteiger partial charge in [0.05, 0.1) is 32.4 Å². The Balaban J connectivity index is 0.00000323. The third-order valence-electron chi connectivity index (χ3n) is 5.49. The van der Waals surface area contributed by atoms with Crippen molar-refractivity contribution in [1.29, 1.82) is 0 Å². The number of amides is 1. The van der Waals surface area contributed by atoms with Crippen LogP contribution in [-0.2, 0) is 29.6 Å². The van der Waals surface area contributed by atoms with Crippen molar-refractivity contribution < 1.29 is 139 Å². The molecule has 0 unspecified atom stereocenters. The third-order valence-corrected chi connectivity index (χ3v) is 7.78. The van der Waals surface area contributed by atoms with E-state index in [1.54, 1.807) is 25.1 Å². The molecule has 0 saturated carbocycles. The van der Waals surface area contributed by atoms with Gasteiger partial charge in [0, 0.05) is 10.9 Å². The molecule has 4 aromatic carbocycles. The largest absolute Gasteiger partial charge is 1.00 e. The van der Waals surface area contributed by atoms with E-state index in [1.807, 2.05) is 0 Å². The first kappa shape index (κ1) is 41.1. The van der Waals surface area contributed by atoms with Gasteiger partial charge in [-0.3, -0.25) is 9.83 Å². The predicted molar refractivity (Wildman–Crippen MR) is 139 cm³/mol. The minimum absolute atomic E-state index is 0. The standard InChI is InChI=1S/C24H19N3O11S3.3Na/c1-13-7-8-17(20(9-13)41(34,35)36)26-27-22-19(39-38-37-30)11-15-10-16(40(31,32)33)12-18(21(15)23(22)28)25-24(29)14-5-3-2-4-6-14;;;/h2-12,28,30H,1H3,(H,25,29)(H,31,32,33)(H,34,35,36);;;/q;3*+1/p-3. The summed E-state index contributed by atoms with van der Waals surface area (Å²) in [6.45, 7) is 1.54. The number of phenolic OH excluding ortho intramolecular Hbond substituents is 1. The van der Waals surface area contributed by atoms with Crippen LogP contribution in [0.3, 0.4) is 0 Å². The summed E-state index contributed by atoms with van der Waals surface area (Å²) in [7, 11) is -10.0. The molecule has 4 aromatic rings. The van der Waals surface area contributed by atoms with Crippen LogP contribution in [0, 0.1) is 6.92 Å². The molecule has 0 atom stereocenters. The summed E-state index contributed by atoms with van der Waals surface area (Å²) >= 11 is 0.210. The fourth-order valence-electron chi connectivity index (χ4n) is 3.71. The minimum Gasteiger partial charge on any atom is -0.744 e. The summed E-state index contributed by atoms with van der Waals surface area (Å²) in [5, 5.41) is 34.8. The quantitative estimate of drug-likeness (QED) is 0.0420. The van der Waals surface area contributed by atoms with Crippen LogP contribution >= 0.6 is 12.0 Å². The van der Waals surface area contributed by atoms with E-state index < -0.39 is 47.4 Å². The fraction of sp³-hybridized carbons (Fsp3) is 0.0417. The number of aromatic hydroxyl groups is 1. The first-order valence-electron chi connectivity index (χ1n) is 11.1. The molecule has 0 heterocycles. The van der Waals surface area contributed by atoms with Crippen molar-refractivity contribution in [3.63, 3.8) is 0 Å². The van der Waals surface area contributed by atoms with Gasteiger partial charge in [-0.15, -0.1) is 10.2 Å². The molecule has 0 aromatic heterocycles. The number of azo groups is 1.